The number of rotatable bonds is 4. The van der Waals surface area contributed by atoms with Gasteiger partial charge in [-0.25, -0.2) is 0 Å². The molecule has 0 aliphatic heterocycles. The minimum atomic E-state index is 0.0880. The van der Waals surface area contributed by atoms with E-state index in [4.69, 9.17) is 9.47 Å². The molecule has 0 N–H and O–H groups in total. The monoisotopic (exact) mass is 462 g/mol. The van der Waals surface area contributed by atoms with Gasteiger partial charge in [-0.2, -0.15) is 0 Å². The summed E-state index contributed by atoms with van der Waals surface area (Å²) in [4.78, 5) is 0.0880. The fourth-order valence-corrected chi connectivity index (χ4v) is 4.00. The molecule has 2 aromatic rings. The number of halogens is 3. The van der Waals surface area contributed by atoms with Gasteiger partial charge in [-0.3, -0.25) is 0 Å². The molecule has 2 aromatic carbocycles. The first-order chi connectivity index (χ1) is 9.56. The fraction of sp³-hybridized carbons (Fsp3) is 0.200. The molecule has 2 nitrogen and oxygen atoms in total. The van der Waals surface area contributed by atoms with Crippen LogP contribution < -0.4 is 9.47 Å². The van der Waals surface area contributed by atoms with Crippen molar-refractivity contribution in [2.24, 2.45) is 0 Å². The number of hydrogen-bond acceptors (Lipinski definition) is 2. The SMILES string of the molecule is COc1ccc(C(Br)c2ccc(OC)c(Br)c2)c(Br)c1. The second-order valence-electron chi connectivity index (χ2n) is 4.14. The lowest BCUT2D eigenvalue weighted by Crippen LogP contribution is -1.96. The van der Waals surface area contributed by atoms with Crippen molar-refractivity contribution < 1.29 is 9.47 Å². The Balaban J connectivity index is 2.35. The Kier molecular flexibility index (Phi) is 5.52. The summed E-state index contributed by atoms with van der Waals surface area (Å²) in [6.07, 6.45) is 0. The van der Waals surface area contributed by atoms with Crippen molar-refractivity contribution in [3.05, 3.63) is 56.5 Å². The maximum absolute atomic E-state index is 5.25. The maximum Gasteiger partial charge on any atom is 0.133 e. The third kappa shape index (κ3) is 3.38. The lowest BCUT2D eigenvalue weighted by Gasteiger charge is -2.15. The molecule has 0 aromatic heterocycles. The Morgan fingerprint density at radius 2 is 1.65 bits per heavy atom. The first-order valence-corrected chi connectivity index (χ1v) is 8.38. The van der Waals surface area contributed by atoms with Gasteiger partial charge >= 0.3 is 0 Å². The number of methoxy groups -OCH3 is 2. The second-order valence-corrected chi connectivity index (χ2v) is 6.77. The van der Waals surface area contributed by atoms with Crippen LogP contribution in [0.4, 0.5) is 0 Å². The van der Waals surface area contributed by atoms with Crippen LogP contribution in [0.1, 0.15) is 16.0 Å². The van der Waals surface area contributed by atoms with Crippen molar-refractivity contribution in [1.82, 2.24) is 0 Å². The van der Waals surface area contributed by atoms with Gasteiger partial charge in [0, 0.05) is 4.47 Å². The van der Waals surface area contributed by atoms with Gasteiger partial charge in [-0.15, -0.1) is 0 Å². The Morgan fingerprint density at radius 1 is 0.900 bits per heavy atom. The molecule has 0 saturated carbocycles. The van der Waals surface area contributed by atoms with Crippen molar-refractivity contribution in [3.63, 3.8) is 0 Å². The summed E-state index contributed by atoms with van der Waals surface area (Å²) in [7, 11) is 3.32. The molecule has 20 heavy (non-hydrogen) atoms. The van der Waals surface area contributed by atoms with Gasteiger partial charge in [0.1, 0.15) is 11.5 Å². The van der Waals surface area contributed by atoms with Crippen LogP contribution in [-0.4, -0.2) is 14.2 Å². The summed E-state index contributed by atoms with van der Waals surface area (Å²) < 4.78 is 12.4. The zero-order valence-electron chi connectivity index (χ0n) is 11.0. The molecule has 0 amide bonds. The zero-order chi connectivity index (χ0) is 14.7. The van der Waals surface area contributed by atoms with Gasteiger partial charge in [-0.1, -0.05) is 44.0 Å². The van der Waals surface area contributed by atoms with Crippen LogP contribution in [0.15, 0.2) is 45.3 Å². The van der Waals surface area contributed by atoms with Crippen LogP contribution in [0.5, 0.6) is 11.5 Å². The van der Waals surface area contributed by atoms with Crippen LogP contribution in [-0.2, 0) is 0 Å². The molecule has 0 heterocycles. The third-order valence-corrected chi connectivity index (χ3v) is 5.28. The molecule has 1 unspecified atom stereocenters. The van der Waals surface area contributed by atoms with E-state index in [0.717, 1.165) is 31.6 Å². The molecule has 0 radical (unpaired) electrons. The van der Waals surface area contributed by atoms with Gasteiger partial charge in [0.2, 0.25) is 0 Å². The van der Waals surface area contributed by atoms with Gasteiger partial charge in [-0.05, 0) is 51.3 Å². The Morgan fingerprint density at radius 3 is 2.20 bits per heavy atom. The molecule has 5 heteroatoms. The number of alkyl halides is 1. The smallest absolute Gasteiger partial charge is 0.133 e. The average molecular weight is 465 g/mol. The summed E-state index contributed by atoms with van der Waals surface area (Å²) >= 11 is 10.8. The van der Waals surface area contributed by atoms with Crippen molar-refractivity contribution >= 4 is 47.8 Å². The zero-order valence-corrected chi connectivity index (χ0v) is 15.7. The summed E-state index contributed by atoms with van der Waals surface area (Å²) in [5.41, 5.74) is 2.28. The van der Waals surface area contributed by atoms with E-state index in [1.54, 1.807) is 14.2 Å². The topological polar surface area (TPSA) is 18.5 Å². The number of hydrogen-bond donors (Lipinski definition) is 0. The quantitative estimate of drug-likeness (QED) is 0.539. The molecule has 2 rings (SSSR count). The highest BCUT2D eigenvalue weighted by atomic mass is 79.9. The van der Waals surface area contributed by atoms with E-state index in [1.165, 1.54) is 0 Å². The standard InChI is InChI=1S/C15H13Br3O2/c1-19-10-4-5-11(12(16)8-10)15(18)9-3-6-14(20-2)13(17)7-9/h3-8,15H,1-2H3. The Labute approximate surface area is 143 Å². The minimum absolute atomic E-state index is 0.0880. The normalized spacial score (nSPS) is 12.1. The fourth-order valence-electron chi connectivity index (χ4n) is 1.86. The number of ether oxygens (including phenoxy) is 2. The lowest BCUT2D eigenvalue weighted by molar-refractivity contribution is 0.412. The van der Waals surface area contributed by atoms with Crippen molar-refractivity contribution in [3.8, 4) is 11.5 Å². The van der Waals surface area contributed by atoms with Crippen LogP contribution >= 0.6 is 47.8 Å². The van der Waals surface area contributed by atoms with Gasteiger partial charge < -0.3 is 9.47 Å². The molecule has 1 atom stereocenters. The molecule has 0 aliphatic carbocycles. The van der Waals surface area contributed by atoms with Crippen LogP contribution in [0, 0.1) is 0 Å². The maximum atomic E-state index is 5.25. The van der Waals surface area contributed by atoms with E-state index in [9.17, 15) is 0 Å². The summed E-state index contributed by atoms with van der Waals surface area (Å²) in [6, 6.07) is 12.0. The second kappa shape index (κ2) is 6.96. The first-order valence-electron chi connectivity index (χ1n) is 5.87. The molecular weight excluding hydrogens is 452 g/mol. The van der Waals surface area contributed by atoms with E-state index in [1.807, 2.05) is 30.3 Å². The van der Waals surface area contributed by atoms with Crippen molar-refractivity contribution in [1.29, 1.82) is 0 Å². The van der Waals surface area contributed by atoms with E-state index < -0.39 is 0 Å². The first kappa shape index (κ1) is 15.9. The van der Waals surface area contributed by atoms with Crippen molar-refractivity contribution in [2.75, 3.05) is 14.2 Å². The highest BCUT2D eigenvalue weighted by Crippen LogP contribution is 2.39. The lowest BCUT2D eigenvalue weighted by atomic mass is 10.0. The highest BCUT2D eigenvalue weighted by molar-refractivity contribution is 9.11. The molecule has 0 aliphatic rings. The van der Waals surface area contributed by atoms with E-state index >= 15 is 0 Å². The molecular formula is C15H13Br3O2. The summed E-state index contributed by atoms with van der Waals surface area (Å²) in [5.74, 6) is 1.65. The van der Waals surface area contributed by atoms with Crippen LogP contribution in [0.25, 0.3) is 0 Å². The third-order valence-electron chi connectivity index (χ3n) is 2.95. The van der Waals surface area contributed by atoms with Crippen LogP contribution in [0.3, 0.4) is 0 Å². The van der Waals surface area contributed by atoms with E-state index in [0.29, 0.717) is 0 Å². The molecule has 0 bridgehead atoms. The van der Waals surface area contributed by atoms with Crippen molar-refractivity contribution in [2.45, 2.75) is 4.83 Å². The van der Waals surface area contributed by atoms with Gasteiger partial charge in [0.15, 0.2) is 0 Å². The Bertz CT molecular complexity index is 614. The van der Waals surface area contributed by atoms with Gasteiger partial charge in [0.05, 0.1) is 23.5 Å². The minimum Gasteiger partial charge on any atom is -0.497 e. The summed E-state index contributed by atoms with van der Waals surface area (Å²) in [5, 5.41) is 0. The molecule has 106 valence electrons. The average Bonchev–Trinajstić information content (AvgIpc) is 2.46. The molecule has 0 saturated heterocycles. The Hall–Kier alpha value is -0.520. The largest absolute Gasteiger partial charge is 0.497 e. The van der Waals surface area contributed by atoms with Gasteiger partial charge in [0.25, 0.3) is 0 Å². The predicted octanol–water partition coefficient (Wildman–Crippen LogP) is 5.71. The van der Waals surface area contributed by atoms with Crippen LogP contribution in [0.2, 0.25) is 0 Å². The predicted molar refractivity (Wildman–Crippen MR) is 92.2 cm³/mol. The van der Waals surface area contributed by atoms with E-state index in [2.05, 4.69) is 53.9 Å². The highest BCUT2D eigenvalue weighted by Gasteiger charge is 2.15. The number of benzene rings is 2. The molecule has 0 spiro atoms. The van der Waals surface area contributed by atoms with E-state index in [-0.39, 0.29) is 4.83 Å². The molecule has 0 fully saturated rings. The summed E-state index contributed by atoms with van der Waals surface area (Å²) in [6.45, 7) is 0.